The second-order valence-corrected chi connectivity index (χ2v) is 6.56. The van der Waals surface area contributed by atoms with Crippen LogP contribution in [0.25, 0.3) is 0 Å². The molecule has 1 saturated heterocycles. The van der Waals surface area contributed by atoms with Crippen molar-refractivity contribution in [3.63, 3.8) is 0 Å². The zero-order valence-corrected chi connectivity index (χ0v) is 12.8. The van der Waals surface area contributed by atoms with Gasteiger partial charge in [0.15, 0.2) is 0 Å². The minimum atomic E-state index is 0.269. The second-order valence-electron chi connectivity index (χ2n) is 5.64. The lowest BCUT2D eigenvalue weighted by Crippen LogP contribution is -2.39. The highest BCUT2D eigenvalue weighted by Gasteiger charge is 2.34. The van der Waals surface area contributed by atoms with E-state index in [-0.39, 0.29) is 5.41 Å². The first-order chi connectivity index (χ1) is 8.60. The molecule has 1 N–H and O–H groups in total. The molecule has 1 unspecified atom stereocenters. The summed E-state index contributed by atoms with van der Waals surface area (Å²) >= 11 is 3.54. The summed E-state index contributed by atoms with van der Waals surface area (Å²) in [4.78, 5) is 0. The third kappa shape index (κ3) is 3.81. The van der Waals surface area contributed by atoms with Crippen LogP contribution < -0.4 is 5.32 Å². The highest BCUT2D eigenvalue weighted by atomic mass is 79.9. The van der Waals surface area contributed by atoms with Gasteiger partial charge in [0.2, 0.25) is 0 Å². The number of halogens is 1. The molecule has 1 fully saturated rings. The molecule has 0 radical (unpaired) electrons. The molecule has 0 saturated carbocycles. The van der Waals surface area contributed by atoms with Crippen molar-refractivity contribution in [2.75, 3.05) is 19.8 Å². The summed E-state index contributed by atoms with van der Waals surface area (Å²) in [5.74, 6) is 0. The molecule has 100 valence electrons. The van der Waals surface area contributed by atoms with Gasteiger partial charge in [0, 0.05) is 29.1 Å². The summed E-state index contributed by atoms with van der Waals surface area (Å²) in [6, 6.07) is 9.15. The van der Waals surface area contributed by atoms with Gasteiger partial charge in [-0.05, 0) is 30.5 Å². The molecule has 0 aromatic heterocycles. The number of rotatable bonds is 5. The van der Waals surface area contributed by atoms with Crippen molar-refractivity contribution in [1.29, 1.82) is 0 Å². The van der Waals surface area contributed by atoms with E-state index >= 15 is 0 Å². The molecule has 1 atom stereocenters. The second kappa shape index (κ2) is 6.18. The summed E-state index contributed by atoms with van der Waals surface area (Å²) < 4.78 is 6.80. The van der Waals surface area contributed by atoms with Crippen molar-refractivity contribution in [1.82, 2.24) is 5.32 Å². The van der Waals surface area contributed by atoms with Gasteiger partial charge in [-0.15, -0.1) is 0 Å². The molecule has 1 aromatic rings. The lowest BCUT2D eigenvalue weighted by atomic mass is 9.80. The van der Waals surface area contributed by atoms with Gasteiger partial charge in [-0.3, -0.25) is 0 Å². The maximum atomic E-state index is 5.64. The van der Waals surface area contributed by atoms with Crippen molar-refractivity contribution >= 4 is 15.9 Å². The van der Waals surface area contributed by atoms with Crippen LogP contribution in [0.4, 0.5) is 0 Å². The van der Waals surface area contributed by atoms with E-state index in [1.165, 1.54) is 5.56 Å². The lowest BCUT2D eigenvalue weighted by Gasteiger charge is -2.29. The fraction of sp³-hybridized carbons (Fsp3) is 0.600. The molecule has 1 aromatic carbocycles. The minimum Gasteiger partial charge on any atom is -0.381 e. The van der Waals surface area contributed by atoms with Gasteiger partial charge < -0.3 is 10.1 Å². The molecule has 0 amide bonds. The molecular formula is C15H22BrNO. The zero-order chi connectivity index (χ0) is 13.0. The van der Waals surface area contributed by atoms with Crippen molar-refractivity contribution in [2.24, 2.45) is 5.41 Å². The average Bonchev–Trinajstić information content (AvgIpc) is 2.76. The van der Waals surface area contributed by atoms with Gasteiger partial charge in [-0.25, -0.2) is 0 Å². The van der Waals surface area contributed by atoms with E-state index in [0.717, 1.165) is 37.1 Å². The predicted molar refractivity (Wildman–Crippen MR) is 78.9 cm³/mol. The molecule has 18 heavy (non-hydrogen) atoms. The smallest absolute Gasteiger partial charge is 0.0538 e. The third-order valence-corrected chi connectivity index (χ3v) is 4.03. The summed E-state index contributed by atoms with van der Waals surface area (Å²) in [7, 11) is 0. The number of benzene rings is 1. The van der Waals surface area contributed by atoms with Crippen LogP contribution in [-0.2, 0) is 11.2 Å². The Hall–Kier alpha value is -0.380. The van der Waals surface area contributed by atoms with Crippen LogP contribution in [0.5, 0.6) is 0 Å². The van der Waals surface area contributed by atoms with Crippen molar-refractivity contribution < 1.29 is 4.74 Å². The highest BCUT2D eigenvalue weighted by molar-refractivity contribution is 9.10. The van der Waals surface area contributed by atoms with Crippen LogP contribution in [0.3, 0.4) is 0 Å². The maximum Gasteiger partial charge on any atom is 0.0538 e. The van der Waals surface area contributed by atoms with Crippen LogP contribution in [-0.4, -0.2) is 25.8 Å². The van der Waals surface area contributed by atoms with Crippen molar-refractivity contribution in [3.05, 3.63) is 34.3 Å². The standard InChI is InChI=1S/C15H22BrNO/c1-12(2)17-10-15(6-7-18-11-15)9-13-4-3-5-14(16)8-13/h3-5,8,12,17H,6-7,9-11H2,1-2H3. The maximum absolute atomic E-state index is 5.64. The van der Waals surface area contributed by atoms with E-state index in [1.807, 2.05) is 0 Å². The Morgan fingerprint density at radius 3 is 2.89 bits per heavy atom. The molecule has 1 heterocycles. The van der Waals surface area contributed by atoms with E-state index < -0.39 is 0 Å². The van der Waals surface area contributed by atoms with E-state index in [2.05, 4.69) is 59.4 Å². The van der Waals surface area contributed by atoms with Crippen LogP contribution >= 0.6 is 15.9 Å². The van der Waals surface area contributed by atoms with Gasteiger partial charge in [-0.1, -0.05) is 41.9 Å². The molecule has 2 rings (SSSR count). The summed E-state index contributed by atoms with van der Waals surface area (Å²) in [6.07, 6.45) is 2.24. The quantitative estimate of drug-likeness (QED) is 0.900. The first-order valence-electron chi connectivity index (χ1n) is 6.65. The first-order valence-corrected chi connectivity index (χ1v) is 7.45. The van der Waals surface area contributed by atoms with Crippen LogP contribution in [0.1, 0.15) is 25.8 Å². The fourth-order valence-corrected chi connectivity index (χ4v) is 2.94. The Kier molecular flexibility index (Phi) is 4.82. The molecule has 0 aliphatic carbocycles. The first kappa shape index (κ1) is 14.0. The lowest BCUT2D eigenvalue weighted by molar-refractivity contribution is 0.148. The van der Waals surface area contributed by atoms with Crippen molar-refractivity contribution in [2.45, 2.75) is 32.7 Å². The molecule has 0 bridgehead atoms. The SMILES string of the molecule is CC(C)NCC1(Cc2cccc(Br)c2)CCOC1. The molecule has 2 nitrogen and oxygen atoms in total. The van der Waals surface area contributed by atoms with E-state index in [4.69, 9.17) is 4.74 Å². The van der Waals surface area contributed by atoms with Gasteiger partial charge in [-0.2, -0.15) is 0 Å². The van der Waals surface area contributed by atoms with Gasteiger partial charge >= 0.3 is 0 Å². The van der Waals surface area contributed by atoms with Crippen molar-refractivity contribution in [3.8, 4) is 0 Å². The van der Waals surface area contributed by atoms with Gasteiger partial charge in [0.25, 0.3) is 0 Å². The molecule has 0 spiro atoms. The van der Waals surface area contributed by atoms with Gasteiger partial charge in [0.05, 0.1) is 6.61 Å². The number of hydrogen-bond donors (Lipinski definition) is 1. The summed E-state index contributed by atoms with van der Waals surface area (Å²) in [6.45, 7) is 7.20. The molecule has 1 aliphatic heterocycles. The van der Waals surface area contributed by atoms with Crippen LogP contribution in [0.15, 0.2) is 28.7 Å². The Labute approximate surface area is 118 Å². The van der Waals surface area contributed by atoms with E-state index in [0.29, 0.717) is 6.04 Å². The Bertz CT molecular complexity index is 386. The zero-order valence-electron chi connectivity index (χ0n) is 11.2. The van der Waals surface area contributed by atoms with Crippen LogP contribution in [0, 0.1) is 5.41 Å². The molecule has 3 heteroatoms. The summed E-state index contributed by atoms with van der Waals surface area (Å²) in [5.41, 5.74) is 1.66. The highest BCUT2D eigenvalue weighted by Crippen LogP contribution is 2.32. The largest absolute Gasteiger partial charge is 0.381 e. The van der Waals surface area contributed by atoms with Gasteiger partial charge in [0.1, 0.15) is 0 Å². The normalized spacial score (nSPS) is 23.8. The Morgan fingerprint density at radius 2 is 2.28 bits per heavy atom. The number of nitrogens with one attached hydrogen (secondary N) is 1. The summed E-state index contributed by atoms with van der Waals surface area (Å²) in [5, 5.41) is 3.57. The Balaban J connectivity index is 2.06. The van der Waals surface area contributed by atoms with E-state index in [9.17, 15) is 0 Å². The van der Waals surface area contributed by atoms with E-state index in [1.54, 1.807) is 0 Å². The number of hydrogen-bond acceptors (Lipinski definition) is 2. The molecule has 1 aliphatic rings. The fourth-order valence-electron chi connectivity index (χ4n) is 2.49. The topological polar surface area (TPSA) is 21.3 Å². The predicted octanol–water partition coefficient (Wildman–Crippen LogP) is 3.40. The number of ether oxygens (including phenoxy) is 1. The Morgan fingerprint density at radius 1 is 1.44 bits per heavy atom. The third-order valence-electron chi connectivity index (χ3n) is 3.54. The monoisotopic (exact) mass is 311 g/mol. The average molecular weight is 312 g/mol. The van der Waals surface area contributed by atoms with Crippen LogP contribution in [0.2, 0.25) is 0 Å². The minimum absolute atomic E-state index is 0.269. The molecular weight excluding hydrogens is 290 g/mol.